The van der Waals surface area contributed by atoms with Gasteiger partial charge in [0.05, 0.1) is 0 Å². The summed E-state index contributed by atoms with van der Waals surface area (Å²) in [5, 5.41) is 18.1. The second-order valence-corrected chi connectivity index (χ2v) is 22.6. The van der Waals surface area contributed by atoms with Crippen molar-refractivity contribution >= 4 is 18.4 Å². The predicted octanol–water partition coefficient (Wildman–Crippen LogP) is 8.19. The average molecular weight is 517 g/mol. The van der Waals surface area contributed by atoms with Crippen molar-refractivity contribution in [1.82, 2.24) is 0 Å². The monoisotopic (exact) mass is 518 g/mol. The van der Waals surface area contributed by atoms with E-state index in [2.05, 4.69) is 26.8 Å². The third-order valence-corrected chi connectivity index (χ3v) is 23.0. The maximum atomic E-state index is 9.08. The first kappa shape index (κ1) is 29.5. The fourth-order valence-corrected chi connectivity index (χ4v) is 22.0. The molecule has 0 aliphatic carbocycles. The maximum absolute atomic E-state index is 9.08. The van der Waals surface area contributed by atoms with Crippen molar-refractivity contribution in [2.24, 2.45) is 0 Å². The van der Waals surface area contributed by atoms with Crippen LogP contribution < -0.4 is 0 Å². The van der Waals surface area contributed by atoms with Crippen molar-refractivity contribution in [3.05, 3.63) is 9.67 Å². The SMILES string of the molecule is CCC[CH2][Sn]([CH2]CCC)([CH2]CCC)/[C](=C\CCCCCCO)CCCCCCO. The molecule has 174 valence electrons. The molecule has 0 aliphatic rings. The van der Waals surface area contributed by atoms with Gasteiger partial charge in [0.1, 0.15) is 0 Å². The molecule has 29 heavy (non-hydrogen) atoms. The van der Waals surface area contributed by atoms with Crippen LogP contribution in [0, 0.1) is 0 Å². The zero-order valence-electron chi connectivity index (χ0n) is 20.3. The Balaban J connectivity index is 5.26. The Morgan fingerprint density at radius 3 is 1.48 bits per heavy atom. The minimum atomic E-state index is -2.28. The van der Waals surface area contributed by atoms with Crippen molar-refractivity contribution in [2.75, 3.05) is 13.2 Å². The van der Waals surface area contributed by atoms with Gasteiger partial charge in [0.25, 0.3) is 0 Å². The van der Waals surface area contributed by atoms with Crippen LogP contribution in [0.3, 0.4) is 0 Å². The molecule has 0 aromatic carbocycles. The number of hydrogen-bond acceptors (Lipinski definition) is 2. The summed E-state index contributed by atoms with van der Waals surface area (Å²) in [5.74, 6) is 0. The van der Waals surface area contributed by atoms with Gasteiger partial charge in [0.2, 0.25) is 0 Å². The molecule has 0 aromatic heterocycles. The number of aliphatic hydroxyl groups is 2. The second kappa shape index (κ2) is 21.7. The predicted molar refractivity (Wildman–Crippen MR) is 133 cm³/mol. The van der Waals surface area contributed by atoms with E-state index in [-0.39, 0.29) is 0 Å². The molecule has 0 radical (unpaired) electrons. The van der Waals surface area contributed by atoms with Gasteiger partial charge in [-0.2, -0.15) is 0 Å². The fraction of sp³-hybridized carbons (Fsp3) is 0.923. The fourth-order valence-electron chi connectivity index (χ4n) is 4.65. The second-order valence-electron chi connectivity index (χ2n) is 9.13. The first-order valence-electron chi connectivity index (χ1n) is 13.1. The van der Waals surface area contributed by atoms with Crippen molar-refractivity contribution in [1.29, 1.82) is 0 Å². The molecule has 3 heteroatoms. The Bertz CT molecular complexity index is 346. The van der Waals surface area contributed by atoms with Gasteiger partial charge < -0.3 is 0 Å². The Morgan fingerprint density at radius 1 is 0.586 bits per heavy atom. The van der Waals surface area contributed by atoms with Crippen LogP contribution in [-0.4, -0.2) is 41.8 Å². The molecule has 0 fully saturated rings. The van der Waals surface area contributed by atoms with Gasteiger partial charge in [-0.1, -0.05) is 0 Å². The molecule has 0 aromatic rings. The van der Waals surface area contributed by atoms with Gasteiger partial charge in [-0.15, -0.1) is 0 Å². The molecule has 0 spiro atoms. The van der Waals surface area contributed by atoms with Gasteiger partial charge >= 0.3 is 188 Å². The molecule has 0 saturated carbocycles. The number of aliphatic hydroxyl groups excluding tert-OH is 2. The van der Waals surface area contributed by atoms with Crippen LogP contribution in [0.5, 0.6) is 0 Å². The van der Waals surface area contributed by atoms with E-state index in [1.165, 1.54) is 89.9 Å². The van der Waals surface area contributed by atoms with Crippen LogP contribution in [0.2, 0.25) is 13.3 Å². The van der Waals surface area contributed by atoms with Crippen molar-refractivity contribution < 1.29 is 10.2 Å². The number of unbranched alkanes of at least 4 members (excludes halogenated alkanes) is 10. The van der Waals surface area contributed by atoms with E-state index in [0.29, 0.717) is 13.2 Å². The van der Waals surface area contributed by atoms with Crippen molar-refractivity contribution in [3.8, 4) is 0 Å². The summed E-state index contributed by atoms with van der Waals surface area (Å²) in [5.41, 5.74) is 0. The van der Waals surface area contributed by atoms with Crippen LogP contribution in [0.4, 0.5) is 0 Å². The summed E-state index contributed by atoms with van der Waals surface area (Å²) in [6.45, 7) is 7.81. The first-order valence-corrected chi connectivity index (χ1v) is 20.6. The molecule has 0 saturated heterocycles. The van der Waals surface area contributed by atoms with Gasteiger partial charge in [-0.25, -0.2) is 0 Å². The van der Waals surface area contributed by atoms with Crippen LogP contribution in [0.1, 0.15) is 124 Å². The minimum absolute atomic E-state index is 0.347. The molecule has 0 unspecified atom stereocenters. The number of rotatable bonds is 22. The Hall–Kier alpha value is 0.459. The Morgan fingerprint density at radius 2 is 1.03 bits per heavy atom. The van der Waals surface area contributed by atoms with Crippen molar-refractivity contribution in [3.63, 3.8) is 0 Å². The molecule has 0 heterocycles. The third-order valence-electron chi connectivity index (χ3n) is 6.57. The Kier molecular flexibility index (Phi) is 22.0. The van der Waals surface area contributed by atoms with Crippen molar-refractivity contribution in [2.45, 2.75) is 137 Å². The molecule has 2 nitrogen and oxygen atoms in total. The molecule has 0 aliphatic heterocycles. The molecule has 0 amide bonds. The van der Waals surface area contributed by atoms with E-state index in [1.807, 2.05) is 3.59 Å². The normalized spacial score (nSPS) is 12.7. The summed E-state index contributed by atoms with van der Waals surface area (Å²) < 4.78 is 6.73. The third kappa shape index (κ3) is 15.0. The molecule has 0 atom stereocenters. The van der Waals surface area contributed by atoms with E-state index >= 15 is 0 Å². The quantitative estimate of drug-likeness (QED) is 0.112. The van der Waals surface area contributed by atoms with Crippen LogP contribution in [0.25, 0.3) is 0 Å². The van der Waals surface area contributed by atoms with E-state index < -0.39 is 18.4 Å². The van der Waals surface area contributed by atoms with Crippen LogP contribution in [-0.2, 0) is 0 Å². The van der Waals surface area contributed by atoms with E-state index in [1.54, 1.807) is 13.3 Å². The zero-order valence-corrected chi connectivity index (χ0v) is 23.2. The summed E-state index contributed by atoms with van der Waals surface area (Å²) >= 11 is -2.28. The van der Waals surface area contributed by atoms with Crippen LogP contribution >= 0.6 is 0 Å². The van der Waals surface area contributed by atoms with Gasteiger partial charge in [-0.3, -0.25) is 0 Å². The Labute approximate surface area is 187 Å². The van der Waals surface area contributed by atoms with E-state index in [9.17, 15) is 0 Å². The standard InChI is InChI=1S/C14H27O2.3C4H9.Sn/c15-13-11-9-7-5-3-1-2-4-6-8-10-12-14-16;3*1-3-4-2;/h1,15-16H,3-14H2;3*1,3-4H2,2H3;. The molecule has 2 N–H and O–H groups in total. The topological polar surface area (TPSA) is 40.5 Å². The average Bonchev–Trinajstić information content (AvgIpc) is 2.74. The molecule has 0 rings (SSSR count). The van der Waals surface area contributed by atoms with Gasteiger partial charge in [0, 0.05) is 0 Å². The first-order chi connectivity index (χ1) is 14.2. The zero-order chi connectivity index (χ0) is 21.6. The number of hydrogen-bond donors (Lipinski definition) is 2. The number of allylic oxidation sites excluding steroid dienone is 2. The van der Waals surface area contributed by atoms with E-state index in [4.69, 9.17) is 10.2 Å². The summed E-state index contributed by atoms with van der Waals surface area (Å²) in [6, 6.07) is 0. The summed E-state index contributed by atoms with van der Waals surface area (Å²) in [7, 11) is 0. The summed E-state index contributed by atoms with van der Waals surface area (Å²) in [6.07, 6.45) is 23.2. The molecular weight excluding hydrogens is 463 g/mol. The summed E-state index contributed by atoms with van der Waals surface area (Å²) in [4.78, 5) is 0. The van der Waals surface area contributed by atoms with Gasteiger partial charge in [-0.05, 0) is 0 Å². The molecular formula is C26H54O2Sn. The van der Waals surface area contributed by atoms with Crippen LogP contribution in [0.15, 0.2) is 9.67 Å². The van der Waals surface area contributed by atoms with Gasteiger partial charge in [0.15, 0.2) is 0 Å². The molecule has 0 bridgehead atoms. The van der Waals surface area contributed by atoms with E-state index in [0.717, 1.165) is 12.8 Å².